The molecule has 1 aromatic rings. The minimum Gasteiger partial charge on any atom is -0.383 e. The van der Waals surface area contributed by atoms with Crippen LogP contribution in [0.4, 0.5) is 11.5 Å². The van der Waals surface area contributed by atoms with Gasteiger partial charge in [-0.15, -0.1) is 0 Å². The monoisotopic (exact) mass is 354 g/mol. The van der Waals surface area contributed by atoms with Crippen LogP contribution in [0.2, 0.25) is 0 Å². The Bertz CT molecular complexity index is 689. The molecular formula is C17H30N4O4. The van der Waals surface area contributed by atoms with E-state index in [2.05, 4.69) is 4.98 Å². The summed E-state index contributed by atoms with van der Waals surface area (Å²) in [5, 5.41) is 0. The van der Waals surface area contributed by atoms with Crippen molar-refractivity contribution in [1.82, 2.24) is 9.55 Å². The summed E-state index contributed by atoms with van der Waals surface area (Å²) in [4.78, 5) is 41.0. The topological polar surface area (TPSA) is 110 Å². The smallest absolute Gasteiger partial charge is 0.330 e. The molecule has 25 heavy (non-hydrogen) atoms. The van der Waals surface area contributed by atoms with Crippen LogP contribution in [0.1, 0.15) is 47.0 Å². The van der Waals surface area contributed by atoms with E-state index in [1.807, 2.05) is 27.7 Å². The Morgan fingerprint density at radius 2 is 1.96 bits per heavy atom. The zero-order valence-electron chi connectivity index (χ0n) is 15.8. The molecule has 0 aliphatic rings. The van der Waals surface area contributed by atoms with Crippen LogP contribution in [0.25, 0.3) is 0 Å². The number of carbonyl (C=O) groups is 1. The van der Waals surface area contributed by atoms with Crippen molar-refractivity contribution in [3.05, 3.63) is 20.8 Å². The van der Waals surface area contributed by atoms with Gasteiger partial charge in [0.15, 0.2) is 5.69 Å². The zero-order chi connectivity index (χ0) is 19.1. The van der Waals surface area contributed by atoms with E-state index >= 15 is 0 Å². The third-order valence-electron chi connectivity index (χ3n) is 3.96. The van der Waals surface area contributed by atoms with Gasteiger partial charge in [-0.05, 0) is 18.8 Å². The first kappa shape index (κ1) is 21.0. The van der Waals surface area contributed by atoms with E-state index in [4.69, 9.17) is 10.5 Å². The van der Waals surface area contributed by atoms with Crippen LogP contribution in [-0.2, 0) is 16.1 Å². The summed E-state index contributed by atoms with van der Waals surface area (Å²) < 4.78 is 6.55. The molecule has 0 saturated heterocycles. The number of nitrogen functional groups attached to an aromatic ring is 1. The first-order chi connectivity index (χ1) is 11.8. The number of hydrogen-bond donors (Lipinski definition) is 2. The fourth-order valence-electron chi connectivity index (χ4n) is 2.65. The van der Waals surface area contributed by atoms with Crippen LogP contribution in [0.3, 0.4) is 0 Å². The highest BCUT2D eigenvalue weighted by atomic mass is 16.5. The Labute approximate surface area is 148 Å². The highest BCUT2D eigenvalue weighted by Crippen LogP contribution is 2.20. The SMILES string of the molecule is CCCCn1c(N)c(N(CC(C)C)C(=O)C(CC)OC)c(=O)[nH]c1=O. The van der Waals surface area contributed by atoms with Crippen molar-refractivity contribution in [1.29, 1.82) is 0 Å². The average molecular weight is 354 g/mol. The molecular weight excluding hydrogens is 324 g/mol. The number of amides is 1. The summed E-state index contributed by atoms with van der Waals surface area (Å²) in [5.41, 5.74) is 4.93. The van der Waals surface area contributed by atoms with Crippen molar-refractivity contribution in [2.75, 3.05) is 24.3 Å². The van der Waals surface area contributed by atoms with Gasteiger partial charge in [0, 0.05) is 20.2 Å². The summed E-state index contributed by atoms with van der Waals surface area (Å²) >= 11 is 0. The van der Waals surface area contributed by atoms with Gasteiger partial charge in [0.1, 0.15) is 11.9 Å². The number of anilines is 2. The maximum absolute atomic E-state index is 12.9. The van der Waals surface area contributed by atoms with E-state index in [0.717, 1.165) is 12.8 Å². The Kier molecular flexibility index (Phi) is 7.89. The second-order valence-electron chi connectivity index (χ2n) is 6.47. The molecule has 1 amide bonds. The molecule has 0 aliphatic carbocycles. The van der Waals surface area contributed by atoms with Crippen LogP contribution in [0.5, 0.6) is 0 Å². The molecule has 142 valence electrons. The molecule has 1 aromatic heterocycles. The van der Waals surface area contributed by atoms with Crippen molar-refractivity contribution in [3.63, 3.8) is 0 Å². The summed E-state index contributed by atoms with van der Waals surface area (Å²) in [6.45, 7) is 8.38. The van der Waals surface area contributed by atoms with Crippen LogP contribution in [0, 0.1) is 5.92 Å². The minimum atomic E-state index is -0.673. The molecule has 0 fully saturated rings. The number of carbonyl (C=O) groups excluding carboxylic acids is 1. The van der Waals surface area contributed by atoms with E-state index < -0.39 is 17.4 Å². The zero-order valence-corrected chi connectivity index (χ0v) is 15.8. The van der Waals surface area contributed by atoms with Gasteiger partial charge >= 0.3 is 5.69 Å². The van der Waals surface area contributed by atoms with Gasteiger partial charge < -0.3 is 15.4 Å². The Morgan fingerprint density at radius 3 is 2.44 bits per heavy atom. The Morgan fingerprint density at radius 1 is 1.32 bits per heavy atom. The van der Waals surface area contributed by atoms with Crippen LogP contribution in [-0.4, -0.2) is 35.2 Å². The quantitative estimate of drug-likeness (QED) is 0.695. The first-order valence-corrected chi connectivity index (χ1v) is 8.75. The fourth-order valence-corrected chi connectivity index (χ4v) is 2.65. The number of nitrogens with one attached hydrogen (secondary N) is 1. The average Bonchev–Trinajstić information content (AvgIpc) is 2.54. The van der Waals surface area contributed by atoms with E-state index in [1.54, 1.807) is 0 Å². The summed E-state index contributed by atoms with van der Waals surface area (Å²) in [6, 6.07) is 0. The molecule has 0 saturated carbocycles. The summed E-state index contributed by atoms with van der Waals surface area (Å²) in [6.07, 6.45) is 1.41. The van der Waals surface area contributed by atoms with Gasteiger partial charge in [0.25, 0.3) is 11.5 Å². The summed E-state index contributed by atoms with van der Waals surface area (Å²) in [5.74, 6) is -0.216. The Hall–Kier alpha value is -2.09. The molecule has 0 aromatic carbocycles. The number of H-pyrrole nitrogens is 1. The maximum atomic E-state index is 12.9. The van der Waals surface area contributed by atoms with Gasteiger partial charge in [-0.1, -0.05) is 34.1 Å². The van der Waals surface area contributed by atoms with Gasteiger partial charge in [0.05, 0.1) is 0 Å². The number of ether oxygens (including phenoxy) is 1. The van der Waals surface area contributed by atoms with Gasteiger partial charge in [-0.25, -0.2) is 4.79 Å². The highest BCUT2D eigenvalue weighted by molar-refractivity contribution is 5.98. The normalized spacial score (nSPS) is 12.4. The van der Waals surface area contributed by atoms with E-state index in [9.17, 15) is 14.4 Å². The maximum Gasteiger partial charge on any atom is 0.330 e. The molecule has 1 heterocycles. The Balaban J connectivity index is 3.50. The number of aromatic amines is 1. The van der Waals surface area contributed by atoms with E-state index in [0.29, 0.717) is 19.5 Å². The van der Waals surface area contributed by atoms with Gasteiger partial charge in [-0.2, -0.15) is 0 Å². The number of methoxy groups -OCH3 is 1. The third-order valence-corrected chi connectivity index (χ3v) is 3.96. The van der Waals surface area contributed by atoms with E-state index in [1.165, 1.54) is 16.6 Å². The molecule has 1 atom stereocenters. The molecule has 0 aliphatic heterocycles. The third kappa shape index (κ3) is 4.94. The second kappa shape index (κ2) is 9.41. The van der Waals surface area contributed by atoms with Crippen molar-refractivity contribution >= 4 is 17.4 Å². The van der Waals surface area contributed by atoms with Crippen molar-refractivity contribution < 1.29 is 9.53 Å². The number of hydrogen-bond acceptors (Lipinski definition) is 5. The van der Waals surface area contributed by atoms with Gasteiger partial charge in [0.2, 0.25) is 0 Å². The lowest BCUT2D eigenvalue weighted by molar-refractivity contribution is -0.128. The molecule has 0 bridgehead atoms. The molecule has 8 nitrogen and oxygen atoms in total. The number of rotatable bonds is 9. The minimum absolute atomic E-state index is 0.0159. The molecule has 3 N–H and O–H groups in total. The first-order valence-electron chi connectivity index (χ1n) is 8.75. The van der Waals surface area contributed by atoms with Crippen LogP contribution in [0.15, 0.2) is 9.59 Å². The van der Waals surface area contributed by atoms with Crippen molar-refractivity contribution in [2.24, 2.45) is 5.92 Å². The largest absolute Gasteiger partial charge is 0.383 e. The van der Waals surface area contributed by atoms with Gasteiger partial charge in [-0.3, -0.25) is 19.1 Å². The van der Waals surface area contributed by atoms with Crippen LogP contribution >= 0.6 is 0 Å². The second-order valence-corrected chi connectivity index (χ2v) is 6.47. The molecule has 1 unspecified atom stereocenters. The number of unbranched alkanes of at least 4 members (excludes halogenated alkanes) is 1. The fraction of sp³-hybridized carbons (Fsp3) is 0.706. The molecule has 1 rings (SSSR count). The van der Waals surface area contributed by atoms with Crippen LogP contribution < -0.4 is 21.9 Å². The van der Waals surface area contributed by atoms with E-state index in [-0.39, 0.29) is 23.3 Å². The molecule has 0 radical (unpaired) electrons. The summed E-state index contributed by atoms with van der Waals surface area (Å²) in [7, 11) is 1.45. The standard InChI is InChI=1S/C17H30N4O4/c1-6-8-9-20-14(18)13(15(22)19-17(20)24)21(10-11(3)4)16(23)12(7-2)25-5/h11-12H,6-10,18H2,1-5H3,(H,19,22,24). The number of aromatic nitrogens is 2. The predicted molar refractivity (Wildman–Crippen MR) is 98.9 cm³/mol. The number of nitrogens with two attached hydrogens (primary N) is 1. The lowest BCUT2D eigenvalue weighted by Gasteiger charge is -2.28. The lowest BCUT2D eigenvalue weighted by atomic mass is 10.1. The number of nitrogens with zero attached hydrogens (tertiary/aromatic N) is 2. The highest BCUT2D eigenvalue weighted by Gasteiger charge is 2.29. The predicted octanol–water partition coefficient (Wildman–Crippen LogP) is 1.33. The van der Waals surface area contributed by atoms with Crippen molar-refractivity contribution in [2.45, 2.75) is 59.6 Å². The molecule has 0 spiro atoms. The molecule has 8 heteroatoms. The lowest BCUT2D eigenvalue weighted by Crippen LogP contribution is -2.46. The van der Waals surface area contributed by atoms with Crippen molar-refractivity contribution in [3.8, 4) is 0 Å².